The maximum absolute atomic E-state index is 12.9. The molecular weight excluding hydrogens is 302 g/mol. The van der Waals surface area contributed by atoms with Crippen LogP contribution in [0.4, 0.5) is 19.0 Å². The van der Waals surface area contributed by atoms with Gasteiger partial charge in [-0.3, -0.25) is 0 Å². The first-order chi connectivity index (χ1) is 8.38. The number of rotatable bonds is 1. The number of alkyl halides is 3. The summed E-state index contributed by atoms with van der Waals surface area (Å²) in [6, 6.07) is 0.793. The highest BCUT2D eigenvalue weighted by Crippen LogP contribution is 2.37. The lowest BCUT2D eigenvalue weighted by atomic mass is 10.1. The summed E-state index contributed by atoms with van der Waals surface area (Å²) in [4.78, 5) is 5.40. The first-order valence-electron chi connectivity index (χ1n) is 5.61. The second-order valence-corrected chi connectivity index (χ2v) is 4.81. The molecule has 108 valence electrons. The van der Waals surface area contributed by atoms with E-state index in [1.807, 2.05) is 0 Å². The molecule has 0 amide bonds. The molecule has 0 aliphatic carbocycles. The van der Waals surface area contributed by atoms with Crippen molar-refractivity contribution in [1.29, 1.82) is 0 Å². The molecule has 2 N–H and O–H groups in total. The van der Waals surface area contributed by atoms with Crippen molar-refractivity contribution in [1.82, 2.24) is 4.98 Å². The van der Waals surface area contributed by atoms with Crippen molar-refractivity contribution < 1.29 is 13.2 Å². The summed E-state index contributed by atoms with van der Waals surface area (Å²) in [5.74, 6) is -0.0814. The van der Waals surface area contributed by atoms with Gasteiger partial charge in [0.25, 0.3) is 0 Å². The van der Waals surface area contributed by atoms with Crippen molar-refractivity contribution >= 4 is 29.8 Å². The maximum atomic E-state index is 12.9. The van der Waals surface area contributed by atoms with Crippen LogP contribution in [0.25, 0.3) is 0 Å². The van der Waals surface area contributed by atoms with E-state index >= 15 is 0 Å². The highest BCUT2D eigenvalue weighted by Gasteiger charge is 2.36. The van der Waals surface area contributed by atoms with Gasteiger partial charge in [0, 0.05) is 25.3 Å². The fourth-order valence-electron chi connectivity index (χ4n) is 2.10. The van der Waals surface area contributed by atoms with Gasteiger partial charge in [-0.05, 0) is 18.9 Å². The number of halogens is 5. The number of hydrogen-bond acceptors (Lipinski definition) is 3. The van der Waals surface area contributed by atoms with Gasteiger partial charge in [0.05, 0.1) is 10.6 Å². The van der Waals surface area contributed by atoms with E-state index in [1.165, 1.54) is 6.20 Å². The summed E-state index contributed by atoms with van der Waals surface area (Å²) in [7, 11) is 0. The second-order valence-electron chi connectivity index (χ2n) is 4.37. The smallest absolute Gasteiger partial charge is 0.355 e. The average molecular weight is 316 g/mol. The summed E-state index contributed by atoms with van der Waals surface area (Å²) in [6.45, 7) is 0.920. The first kappa shape index (κ1) is 16.3. The highest BCUT2D eigenvalue weighted by atomic mass is 35.5. The Balaban J connectivity index is 0.00000180. The van der Waals surface area contributed by atoms with Crippen LogP contribution >= 0.6 is 24.0 Å². The number of piperidine rings is 1. The Bertz CT molecular complexity index is 440. The zero-order valence-corrected chi connectivity index (χ0v) is 11.5. The summed E-state index contributed by atoms with van der Waals surface area (Å²) in [5.41, 5.74) is 4.97. The SMILES string of the molecule is Cl.N[C@@H]1CCCN(c2ncc(Cl)cc2C(F)(F)F)C1. The molecule has 0 aromatic carbocycles. The minimum atomic E-state index is -4.46. The topological polar surface area (TPSA) is 42.1 Å². The Hall–Kier alpha value is -0.720. The molecule has 0 bridgehead atoms. The first-order valence-corrected chi connectivity index (χ1v) is 5.99. The number of hydrogen-bond donors (Lipinski definition) is 1. The molecule has 3 nitrogen and oxygen atoms in total. The molecule has 8 heteroatoms. The van der Waals surface area contributed by atoms with Gasteiger partial charge in [0.2, 0.25) is 0 Å². The molecule has 2 heterocycles. The number of nitrogens with two attached hydrogens (primary N) is 1. The van der Waals surface area contributed by atoms with Gasteiger partial charge >= 0.3 is 6.18 Å². The average Bonchev–Trinajstić information content (AvgIpc) is 2.27. The molecule has 0 radical (unpaired) electrons. The molecule has 1 fully saturated rings. The Morgan fingerprint density at radius 3 is 2.68 bits per heavy atom. The van der Waals surface area contributed by atoms with Crippen LogP contribution in [-0.4, -0.2) is 24.1 Å². The highest BCUT2D eigenvalue weighted by molar-refractivity contribution is 6.30. The van der Waals surface area contributed by atoms with Crippen molar-refractivity contribution in [3.05, 3.63) is 22.8 Å². The van der Waals surface area contributed by atoms with Gasteiger partial charge < -0.3 is 10.6 Å². The van der Waals surface area contributed by atoms with Crippen LogP contribution in [0.5, 0.6) is 0 Å². The Morgan fingerprint density at radius 1 is 1.42 bits per heavy atom. The van der Waals surface area contributed by atoms with E-state index in [0.29, 0.717) is 13.1 Å². The summed E-state index contributed by atoms with van der Waals surface area (Å²) < 4.78 is 38.8. The minimum absolute atomic E-state index is 0. The standard InChI is InChI=1S/C11H13ClF3N3.ClH/c12-7-4-9(11(13,14)15)10(17-5-7)18-3-1-2-8(16)6-18;/h4-5,8H,1-3,6,16H2;1H/t8-;/m1./s1. The lowest BCUT2D eigenvalue weighted by Gasteiger charge is -2.33. The summed E-state index contributed by atoms with van der Waals surface area (Å²) >= 11 is 5.58. The molecule has 1 aliphatic heterocycles. The number of pyridine rings is 1. The lowest BCUT2D eigenvalue weighted by molar-refractivity contribution is -0.137. The normalized spacial score (nSPS) is 20.1. The van der Waals surface area contributed by atoms with Gasteiger partial charge in [-0.2, -0.15) is 13.2 Å². The predicted octanol–water partition coefficient (Wildman–Crippen LogP) is 3.10. The van der Waals surface area contributed by atoms with E-state index in [9.17, 15) is 13.2 Å². The van der Waals surface area contributed by atoms with Crippen LogP contribution in [0.3, 0.4) is 0 Å². The zero-order valence-electron chi connectivity index (χ0n) is 9.95. The predicted molar refractivity (Wildman–Crippen MR) is 70.9 cm³/mol. The van der Waals surface area contributed by atoms with E-state index in [0.717, 1.165) is 18.9 Å². The van der Waals surface area contributed by atoms with Gasteiger partial charge in [0.15, 0.2) is 0 Å². The Kier molecular flexibility index (Phi) is 5.29. The van der Waals surface area contributed by atoms with Crippen molar-refractivity contribution in [3.8, 4) is 0 Å². The van der Waals surface area contributed by atoms with Gasteiger partial charge in [-0.1, -0.05) is 11.6 Å². The molecule has 1 aliphatic rings. The molecule has 2 rings (SSSR count). The van der Waals surface area contributed by atoms with Crippen molar-refractivity contribution in [2.75, 3.05) is 18.0 Å². The van der Waals surface area contributed by atoms with Crippen LogP contribution in [-0.2, 0) is 6.18 Å². The van der Waals surface area contributed by atoms with Gasteiger partial charge in [-0.15, -0.1) is 12.4 Å². The molecule has 1 saturated heterocycles. The minimum Gasteiger partial charge on any atom is -0.355 e. The summed E-state index contributed by atoms with van der Waals surface area (Å²) in [6.07, 6.45) is -1.64. The van der Waals surface area contributed by atoms with E-state index in [4.69, 9.17) is 17.3 Å². The van der Waals surface area contributed by atoms with Gasteiger partial charge in [-0.25, -0.2) is 4.98 Å². The number of aromatic nitrogens is 1. The largest absolute Gasteiger partial charge is 0.420 e. The fourth-order valence-corrected chi connectivity index (χ4v) is 2.25. The third kappa shape index (κ3) is 3.87. The summed E-state index contributed by atoms with van der Waals surface area (Å²) in [5, 5.41) is -0.0209. The third-order valence-electron chi connectivity index (χ3n) is 2.90. The molecule has 0 saturated carbocycles. The molecule has 19 heavy (non-hydrogen) atoms. The van der Waals surface area contributed by atoms with Crippen molar-refractivity contribution in [2.45, 2.75) is 25.1 Å². The molecular formula is C11H14Cl2F3N3. The van der Waals surface area contributed by atoms with Crippen molar-refractivity contribution in [2.24, 2.45) is 5.73 Å². The van der Waals surface area contributed by atoms with Crippen molar-refractivity contribution in [3.63, 3.8) is 0 Å². The third-order valence-corrected chi connectivity index (χ3v) is 3.10. The Labute approximate surface area is 120 Å². The number of anilines is 1. The van der Waals surface area contributed by atoms with E-state index < -0.39 is 11.7 Å². The van der Waals surface area contributed by atoms with Crippen LogP contribution < -0.4 is 10.6 Å². The Morgan fingerprint density at radius 2 is 2.11 bits per heavy atom. The van der Waals surface area contributed by atoms with Gasteiger partial charge in [0.1, 0.15) is 5.82 Å². The van der Waals surface area contributed by atoms with E-state index in [-0.39, 0.29) is 29.3 Å². The van der Waals surface area contributed by atoms with Crippen LogP contribution in [0.1, 0.15) is 18.4 Å². The lowest BCUT2D eigenvalue weighted by Crippen LogP contribution is -2.43. The molecule has 1 aromatic heterocycles. The van der Waals surface area contributed by atoms with E-state index in [2.05, 4.69) is 4.98 Å². The number of nitrogens with zero attached hydrogens (tertiary/aromatic N) is 2. The van der Waals surface area contributed by atoms with Crippen LogP contribution in [0, 0.1) is 0 Å². The van der Waals surface area contributed by atoms with Crippen LogP contribution in [0.15, 0.2) is 12.3 Å². The molecule has 1 atom stereocenters. The zero-order chi connectivity index (χ0) is 13.3. The molecule has 0 spiro atoms. The second kappa shape index (κ2) is 6.15. The monoisotopic (exact) mass is 315 g/mol. The van der Waals surface area contributed by atoms with E-state index in [1.54, 1.807) is 4.90 Å². The van der Waals surface area contributed by atoms with Crippen LogP contribution in [0.2, 0.25) is 5.02 Å². The quantitative estimate of drug-likeness (QED) is 0.866. The maximum Gasteiger partial charge on any atom is 0.420 e. The molecule has 0 unspecified atom stereocenters. The molecule has 1 aromatic rings. The fraction of sp³-hybridized carbons (Fsp3) is 0.545.